The van der Waals surface area contributed by atoms with E-state index in [0.717, 1.165) is 25.7 Å². The predicted molar refractivity (Wildman–Crippen MR) is 81.2 cm³/mol. The molecule has 0 radical (unpaired) electrons. The Hall–Kier alpha value is -0.120. The van der Waals surface area contributed by atoms with Gasteiger partial charge in [-0.3, -0.25) is 0 Å². The van der Waals surface area contributed by atoms with Crippen molar-refractivity contribution in [1.29, 1.82) is 0 Å². The summed E-state index contributed by atoms with van der Waals surface area (Å²) in [4.78, 5) is 0. The Morgan fingerprint density at radius 3 is 1.48 bits per heavy atom. The molecule has 3 nitrogen and oxygen atoms in total. The molecule has 0 spiro atoms. The van der Waals surface area contributed by atoms with Crippen molar-refractivity contribution in [2.75, 3.05) is 0 Å². The van der Waals surface area contributed by atoms with Crippen LogP contribution in [0.1, 0.15) is 67.2 Å². The van der Waals surface area contributed by atoms with Crippen LogP contribution in [0, 0.1) is 10.8 Å². The van der Waals surface area contributed by atoms with Crippen molar-refractivity contribution in [3.63, 3.8) is 0 Å². The fourth-order valence-corrected chi connectivity index (χ4v) is 5.55. The molecular weight excluding hydrogens is 264 g/mol. The van der Waals surface area contributed by atoms with Crippen LogP contribution in [0.3, 0.4) is 0 Å². The molecule has 6 atom stereocenters. The SMILES string of the molecule is CC1(C)CC(OC2CC(C)(C)CC3(C)OC23)C2OC2(C)C1. The Balaban J connectivity index is 1.49. The van der Waals surface area contributed by atoms with E-state index >= 15 is 0 Å². The van der Waals surface area contributed by atoms with Gasteiger partial charge >= 0.3 is 0 Å². The van der Waals surface area contributed by atoms with Gasteiger partial charge in [0.05, 0.1) is 23.4 Å². The molecule has 0 aromatic carbocycles. The quantitative estimate of drug-likeness (QED) is 0.728. The maximum atomic E-state index is 6.59. The third-order valence-electron chi connectivity index (χ3n) is 6.07. The van der Waals surface area contributed by atoms with Crippen molar-refractivity contribution in [3.05, 3.63) is 0 Å². The minimum Gasteiger partial charge on any atom is -0.369 e. The lowest BCUT2D eigenvalue weighted by atomic mass is 9.70. The number of fused-ring (bicyclic) bond motifs is 2. The first-order valence-electron chi connectivity index (χ1n) is 8.53. The van der Waals surface area contributed by atoms with Gasteiger partial charge in [-0.2, -0.15) is 0 Å². The smallest absolute Gasteiger partial charge is 0.113 e. The maximum Gasteiger partial charge on any atom is 0.113 e. The number of epoxide rings is 2. The van der Waals surface area contributed by atoms with Crippen LogP contribution in [-0.2, 0) is 14.2 Å². The highest BCUT2D eigenvalue weighted by Gasteiger charge is 2.66. The summed E-state index contributed by atoms with van der Waals surface area (Å²) in [6.45, 7) is 13.9. The Labute approximate surface area is 128 Å². The molecule has 2 aliphatic carbocycles. The largest absolute Gasteiger partial charge is 0.369 e. The predicted octanol–water partition coefficient (Wildman–Crippen LogP) is 3.70. The van der Waals surface area contributed by atoms with Crippen LogP contribution in [0.25, 0.3) is 0 Å². The van der Waals surface area contributed by atoms with Crippen molar-refractivity contribution in [2.45, 2.75) is 103 Å². The normalized spacial score (nSPS) is 56.3. The second kappa shape index (κ2) is 3.85. The van der Waals surface area contributed by atoms with Crippen LogP contribution >= 0.6 is 0 Å². The summed E-state index contributed by atoms with van der Waals surface area (Å²) >= 11 is 0. The van der Waals surface area contributed by atoms with Gasteiger partial charge in [-0.25, -0.2) is 0 Å². The highest BCUT2D eigenvalue weighted by atomic mass is 16.7. The molecule has 21 heavy (non-hydrogen) atoms. The van der Waals surface area contributed by atoms with Crippen LogP contribution in [0.4, 0.5) is 0 Å². The van der Waals surface area contributed by atoms with Crippen molar-refractivity contribution >= 4 is 0 Å². The summed E-state index contributed by atoms with van der Waals surface area (Å²) in [7, 11) is 0. The molecule has 2 saturated carbocycles. The fourth-order valence-electron chi connectivity index (χ4n) is 5.55. The summed E-state index contributed by atoms with van der Waals surface area (Å²) < 4.78 is 18.6. The average molecular weight is 294 g/mol. The van der Waals surface area contributed by atoms with E-state index in [0.29, 0.717) is 23.0 Å². The lowest BCUT2D eigenvalue weighted by Gasteiger charge is -2.40. The van der Waals surface area contributed by atoms with Crippen molar-refractivity contribution in [2.24, 2.45) is 10.8 Å². The summed E-state index contributed by atoms with van der Waals surface area (Å²) in [6.07, 6.45) is 5.61. The van der Waals surface area contributed by atoms with E-state index in [2.05, 4.69) is 41.5 Å². The van der Waals surface area contributed by atoms with E-state index in [9.17, 15) is 0 Å². The lowest BCUT2D eigenvalue weighted by Crippen LogP contribution is -2.45. The summed E-state index contributed by atoms with van der Waals surface area (Å²) in [5, 5.41) is 0. The van der Waals surface area contributed by atoms with Gasteiger partial charge < -0.3 is 14.2 Å². The number of ether oxygens (including phenoxy) is 3. The van der Waals surface area contributed by atoms with Crippen LogP contribution in [-0.4, -0.2) is 35.6 Å². The Morgan fingerprint density at radius 2 is 1.10 bits per heavy atom. The Morgan fingerprint density at radius 1 is 0.714 bits per heavy atom. The Bertz CT molecular complexity index is 424. The zero-order chi connectivity index (χ0) is 15.3. The molecule has 4 fully saturated rings. The molecule has 4 aliphatic rings. The van der Waals surface area contributed by atoms with E-state index in [1.54, 1.807) is 0 Å². The topological polar surface area (TPSA) is 34.3 Å². The highest BCUT2D eigenvalue weighted by Crippen LogP contribution is 2.58. The molecule has 0 bridgehead atoms. The zero-order valence-electron chi connectivity index (χ0n) is 14.4. The maximum absolute atomic E-state index is 6.59. The minimum absolute atomic E-state index is 0.0598. The minimum atomic E-state index is 0.0598. The second-order valence-electron chi connectivity index (χ2n) is 10.0. The van der Waals surface area contributed by atoms with Gasteiger partial charge in [0.1, 0.15) is 12.2 Å². The molecule has 4 rings (SSSR count). The zero-order valence-corrected chi connectivity index (χ0v) is 14.4. The molecule has 3 heteroatoms. The molecule has 2 aliphatic heterocycles. The van der Waals surface area contributed by atoms with E-state index in [1.807, 2.05) is 0 Å². The first kappa shape index (κ1) is 14.5. The number of hydrogen-bond acceptors (Lipinski definition) is 3. The summed E-state index contributed by atoms with van der Waals surface area (Å²) in [5.74, 6) is 0. The molecule has 120 valence electrons. The molecule has 0 N–H and O–H groups in total. The third kappa shape index (κ3) is 2.36. The van der Waals surface area contributed by atoms with E-state index in [1.165, 1.54) is 0 Å². The van der Waals surface area contributed by atoms with Gasteiger partial charge in [0.25, 0.3) is 0 Å². The van der Waals surface area contributed by atoms with Gasteiger partial charge in [-0.05, 0) is 50.4 Å². The molecule has 0 aromatic rings. The van der Waals surface area contributed by atoms with Crippen molar-refractivity contribution in [3.8, 4) is 0 Å². The lowest BCUT2D eigenvalue weighted by molar-refractivity contribution is -0.0819. The van der Waals surface area contributed by atoms with Crippen LogP contribution in [0.5, 0.6) is 0 Å². The van der Waals surface area contributed by atoms with Gasteiger partial charge in [-0.1, -0.05) is 27.7 Å². The van der Waals surface area contributed by atoms with Gasteiger partial charge in [-0.15, -0.1) is 0 Å². The first-order valence-corrected chi connectivity index (χ1v) is 8.53. The van der Waals surface area contributed by atoms with Crippen LogP contribution in [0.2, 0.25) is 0 Å². The molecule has 2 saturated heterocycles. The third-order valence-corrected chi connectivity index (χ3v) is 6.07. The van der Waals surface area contributed by atoms with E-state index in [-0.39, 0.29) is 23.4 Å². The molecule has 0 aromatic heterocycles. The van der Waals surface area contributed by atoms with Gasteiger partial charge in [0.2, 0.25) is 0 Å². The first-order chi connectivity index (χ1) is 9.52. The Kier molecular flexibility index (Phi) is 2.66. The number of rotatable bonds is 2. The highest BCUT2D eigenvalue weighted by molar-refractivity contribution is 5.14. The molecule has 2 heterocycles. The monoisotopic (exact) mass is 294 g/mol. The second-order valence-corrected chi connectivity index (χ2v) is 10.0. The van der Waals surface area contributed by atoms with Crippen LogP contribution < -0.4 is 0 Å². The standard InChI is InChI=1S/C18H30O3/c1-15(2)7-11(13-17(5,9-15)20-13)19-12-8-16(3,4)10-18(6)14(12)21-18/h11-14H,7-10H2,1-6H3. The van der Waals surface area contributed by atoms with E-state index < -0.39 is 0 Å². The van der Waals surface area contributed by atoms with Crippen LogP contribution in [0.15, 0.2) is 0 Å². The summed E-state index contributed by atoms with van der Waals surface area (Å²) in [6, 6.07) is 0. The van der Waals surface area contributed by atoms with Gasteiger partial charge in [0, 0.05) is 0 Å². The summed E-state index contributed by atoms with van der Waals surface area (Å²) in [5.41, 5.74) is 0.739. The van der Waals surface area contributed by atoms with Crippen molar-refractivity contribution < 1.29 is 14.2 Å². The van der Waals surface area contributed by atoms with E-state index in [4.69, 9.17) is 14.2 Å². The number of hydrogen-bond donors (Lipinski definition) is 0. The average Bonchev–Trinajstić information content (AvgIpc) is 3.09. The van der Waals surface area contributed by atoms with Gasteiger partial charge in [0.15, 0.2) is 0 Å². The molecule has 6 unspecified atom stereocenters. The molecule has 0 amide bonds. The fraction of sp³-hybridized carbons (Fsp3) is 1.00. The molecular formula is C18H30O3. The van der Waals surface area contributed by atoms with Crippen molar-refractivity contribution in [1.82, 2.24) is 0 Å².